The third kappa shape index (κ3) is 1.98. The van der Waals surface area contributed by atoms with Crippen LogP contribution in [0.2, 0.25) is 0 Å². The summed E-state index contributed by atoms with van der Waals surface area (Å²) in [5, 5.41) is 3.33. The van der Waals surface area contributed by atoms with E-state index in [0.717, 1.165) is 18.8 Å². The molecule has 1 atom stereocenters. The number of rotatable bonds is 1. The topological polar surface area (TPSA) is 44.9 Å². The first-order valence-corrected chi connectivity index (χ1v) is 4.76. The minimum absolute atomic E-state index is 0.00285. The summed E-state index contributed by atoms with van der Waals surface area (Å²) >= 11 is 0. The molecule has 70 valence electrons. The summed E-state index contributed by atoms with van der Waals surface area (Å²) in [7, 11) is 0. The van der Waals surface area contributed by atoms with E-state index >= 15 is 0 Å². The highest BCUT2D eigenvalue weighted by Crippen LogP contribution is 2.19. The molecule has 0 bridgehead atoms. The highest BCUT2D eigenvalue weighted by molar-refractivity contribution is 5.10. The largest absolute Gasteiger partial charge is 0.326 e. The molecule has 3 nitrogen and oxygen atoms in total. The van der Waals surface area contributed by atoms with Crippen LogP contribution in [0.4, 0.5) is 0 Å². The molecule has 2 N–H and O–H groups in total. The SMILES string of the molecule is O=c1cccc(C2CCCNC2)[nH]1. The van der Waals surface area contributed by atoms with E-state index in [1.807, 2.05) is 12.1 Å². The van der Waals surface area contributed by atoms with E-state index in [2.05, 4.69) is 10.3 Å². The number of nitrogens with one attached hydrogen (secondary N) is 2. The van der Waals surface area contributed by atoms with Gasteiger partial charge in [0.25, 0.3) is 0 Å². The molecule has 0 aromatic carbocycles. The van der Waals surface area contributed by atoms with Crippen molar-refractivity contribution in [1.82, 2.24) is 10.3 Å². The van der Waals surface area contributed by atoms with Crippen molar-refractivity contribution in [2.45, 2.75) is 18.8 Å². The fourth-order valence-electron chi connectivity index (χ4n) is 1.82. The summed E-state index contributed by atoms with van der Waals surface area (Å²) in [5.41, 5.74) is 1.07. The van der Waals surface area contributed by atoms with Crippen LogP contribution >= 0.6 is 0 Å². The maximum absolute atomic E-state index is 11.1. The van der Waals surface area contributed by atoms with Gasteiger partial charge in [-0.2, -0.15) is 0 Å². The molecule has 1 aliphatic heterocycles. The molecule has 0 radical (unpaired) electrons. The molecule has 1 unspecified atom stereocenters. The lowest BCUT2D eigenvalue weighted by Crippen LogP contribution is -2.29. The molecule has 0 saturated carbocycles. The van der Waals surface area contributed by atoms with Crippen molar-refractivity contribution < 1.29 is 0 Å². The zero-order valence-corrected chi connectivity index (χ0v) is 7.55. The van der Waals surface area contributed by atoms with Crippen molar-refractivity contribution in [2.24, 2.45) is 0 Å². The fourth-order valence-corrected chi connectivity index (χ4v) is 1.82. The van der Waals surface area contributed by atoms with Crippen LogP contribution in [0.15, 0.2) is 23.0 Å². The van der Waals surface area contributed by atoms with E-state index in [0.29, 0.717) is 5.92 Å². The zero-order chi connectivity index (χ0) is 9.10. The van der Waals surface area contributed by atoms with Gasteiger partial charge in [-0.3, -0.25) is 4.79 Å². The quantitative estimate of drug-likeness (QED) is 0.669. The number of aromatic amines is 1. The molecule has 2 heterocycles. The lowest BCUT2D eigenvalue weighted by Gasteiger charge is -2.22. The van der Waals surface area contributed by atoms with E-state index in [9.17, 15) is 4.79 Å². The maximum Gasteiger partial charge on any atom is 0.248 e. The average Bonchev–Trinajstić information content (AvgIpc) is 2.19. The van der Waals surface area contributed by atoms with Gasteiger partial charge < -0.3 is 10.3 Å². The molecule has 1 aromatic rings. The molecule has 3 heteroatoms. The normalized spacial score (nSPS) is 22.9. The lowest BCUT2D eigenvalue weighted by molar-refractivity contribution is 0.454. The van der Waals surface area contributed by atoms with Crippen molar-refractivity contribution >= 4 is 0 Å². The van der Waals surface area contributed by atoms with Gasteiger partial charge in [-0.15, -0.1) is 0 Å². The Labute approximate surface area is 77.2 Å². The summed E-state index contributed by atoms with van der Waals surface area (Å²) in [5.74, 6) is 0.489. The highest BCUT2D eigenvalue weighted by atomic mass is 16.1. The highest BCUT2D eigenvalue weighted by Gasteiger charge is 2.14. The summed E-state index contributed by atoms with van der Waals surface area (Å²) in [6.45, 7) is 2.09. The third-order valence-corrected chi connectivity index (χ3v) is 2.53. The number of pyridine rings is 1. The second-order valence-corrected chi connectivity index (χ2v) is 3.51. The Balaban J connectivity index is 2.19. The molecule has 0 amide bonds. The van der Waals surface area contributed by atoms with Crippen LogP contribution in [0.3, 0.4) is 0 Å². The van der Waals surface area contributed by atoms with Crippen molar-refractivity contribution in [3.63, 3.8) is 0 Å². The van der Waals surface area contributed by atoms with Crippen molar-refractivity contribution in [1.29, 1.82) is 0 Å². The van der Waals surface area contributed by atoms with Crippen molar-refractivity contribution in [3.05, 3.63) is 34.2 Å². The molecule has 1 fully saturated rings. The van der Waals surface area contributed by atoms with Crippen molar-refractivity contribution in [3.8, 4) is 0 Å². The average molecular weight is 178 g/mol. The minimum Gasteiger partial charge on any atom is -0.326 e. The summed E-state index contributed by atoms with van der Waals surface area (Å²) in [4.78, 5) is 13.9. The Bertz CT molecular complexity index is 326. The van der Waals surface area contributed by atoms with Gasteiger partial charge in [0.05, 0.1) is 0 Å². The molecular formula is C10H14N2O. The van der Waals surface area contributed by atoms with Crippen LogP contribution in [0.1, 0.15) is 24.5 Å². The summed E-state index contributed by atoms with van der Waals surface area (Å²) in [6.07, 6.45) is 2.37. The predicted octanol–water partition coefficient (Wildman–Crippen LogP) is 0.842. The van der Waals surface area contributed by atoms with Crippen LogP contribution in [0.25, 0.3) is 0 Å². The Kier molecular flexibility index (Phi) is 2.45. The molecule has 13 heavy (non-hydrogen) atoms. The predicted molar refractivity (Wildman–Crippen MR) is 51.9 cm³/mol. The number of hydrogen-bond acceptors (Lipinski definition) is 2. The first kappa shape index (κ1) is 8.51. The number of piperidine rings is 1. The number of aromatic nitrogens is 1. The molecule has 1 saturated heterocycles. The second-order valence-electron chi connectivity index (χ2n) is 3.51. The maximum atomic E-state index is 11.1. The Morgan fingerprint density at radius 2 is 2.31 bits per heavy atom. The Hall–Kier alpha value is -1.09. The van der Waals surface area contributed by atoms with Gasteiger partial charge >= 0.3 is 0 Å². The smallest absolute Gasteiger partial charge is 0.248 e. The zero-order valence-electron chi connectivity index (χ0n) is 7.55. The Morgan fingerprint density at radius 1 is 1.38 bits per heavy atom. The van der Waals surface area contributed by atoms with Gasteiger partial charge in [0, 0.05) is 24.2 Å². The fraction of sp³-hybridized carbons (Fsp3) is 0.500. The molecule has 1 aliphatic rings. The molecule has 1 aromatic heterocycles. The second kappa shape index (κ2) is 3.75. The van der Waals surface area contributed by atoms with Crippen LogP contribution in [0, 0.1) is 0 Å². The van der Waals surface area contributed by atoms with Gasteiger partial charge in [0.2, 0.25) is 5.56 Å². The standard InChI is InChI=1S/C10H14N2O/c13-10-5-1-4-9(12-10)8-3-2-6-11-7-8/h1,4-5,8,11H,2-3,6-7H2,(H,12,13). The lowest BCUT2D eigenvalue weighted by atomic mass is 9.96. The van der Waals surface area contributed by atoms with E-state index in [-0.39, 0.29) is 5.56 Å². The van der Waals surface area contributed by atoms with E-state index in [4.69, 9.17) is 0 Å². The number of hydrogen-bond donors (Lipinski definition) is 2. The molecular weight excluding hydrogens is 164 g/mol. The molecule has 0 spiro atoms. The molecule has 2 rings (SSSR count). The van der Waals surface area contributed by atoms with Crippen LogP contribution in [-0.4, -0.2) is 18.1 Å². The van der Waals surface area contributed by atoms with E-state index < -0.39 is 0 Å². The van der Waals surface area contributed by atoms with Crippen LogP contribution < -0.4 is 10.9 Å². The number of H-pyrrole nitrogens is 1. The first-order valence-electron chi connectivity index (χ1n) is 4.76. The van der Waals surface area contributed by atoms with Gasteiger partial charge in [-0.1, -0.05) is 6.07 Å². The first-order chi connectivity index (χ1) is 6.36. The summed E-state index contributed by atoms with van der Waals surface area (Å²) in [6, 6.07) is 5.38. The van der Waals surface area contributed by atoms with Crippen molar-refractivity contribution in [2.75, 3.05) is 13.1 Å². The summed E-state index contributed by atoms with van der Waals surface area (Å²) < 4.78 is 0. The Morgan fingerprint density at radius 3 is 3.00 bits per heavy atom. The minimum atomic E-state index is 0.00285. The van der Waals surface area contributed by atoms with Crippen LogP contribution in [-0.2, 0) is 0 Å². The van der Waals surface area contributed by atoms with Gasteiger partial charge in [-0.25, -0.2) is 0 Å². The van der Waals surface area contributed by atoms with Crippen LogP contribution in [0.5, 0.6) is 0 Å². The van der Waals surface area contributed by atoms with E-state index in [1.165, 1.54) is 12.8 Å². The van der Waals surface area contributed by atoms with Gasteiger partial charge in [0.1, 0.15) is 0 Å². The van der Waals surface area contributed by atoms with Gasteiger partial charge in [-0.05, 0) is 25.5 Å². The van der Waals surface area contributed by atoms with Gasteiger partial charge in [0.15, 0.2) is 0 Å². The van der Waals surface area contributed by atoms with E-state index in [1.54, 1.807) is 6.07 Å². The monoisotopic (exact) mass is 178 g/mol. The third-order valence-electron chi connectivity index (χ3n) is 2.53. The molecule has 0 aliphatic carbocycles.